The number of carbonyl (C=O) groups excluding carboxylic acids is 2. The quantitative estimate of drug-likeness (QED) is 0.662. The Morgan fingerprint density at radius 1 is 1.47 bits per heavy atom. The third-order valence-electron chi connectivity index (χ3n) is 2.84. The van der Waals surface area contributed by atoms with Crippen molar-refractivity contribution in [1.29, 1.82) is 0 Å². The van der Waals surface area contributed by atoms with Gasteiger partial charge < -0.3 is 14.4 Å². The molecule has 1 rings (SSSR count). The van der Waals surface area contributed by atoms with Crippen molar-refractivity contribution in [3.05, 3.63) is 0 Å². The number of hydrogen-bond donors (Lipinski definition) is 0. The number of rotatable bonds is 1. The van der Waals surface area contributed by atoms with Crippen LogP contribution in [0.3, 0.4) is 0 Å². The van der Waals surface area contributed by atoms with Gasteiger partial charge in [-0.25, -0.2) is 4.79 Å². The second-order valence-corrected chi connectivity index (χ2v) is 6.44. The normalized spacial score (nSPS) is 29.9. The van der Waals surface area contributed by atoms with Gasteiger partial charge in [0.25, 0.3) is 0 Å². The molecule has 1 saturated heterocycles. The van der Waals surface area contributed by atoms with Crippen LogP contribution in [0.5, 0.6) is 0 Å². The van der Waals surface area contributed by atoms with Crippen LogP contribution in [0.25, 0.3) is 0 Å². The van der Waals surface area contributed by atoms with E-state index in [1.165, 1.54) is 0 Å². The van der Waals surface area contributed by atoms with Gasteiger partial charge in [0.05, 0.1) is 0 Å². The van der Waals surface area contributed by atoms with Crippen LogP contribution in [0.1, 0.15) is 41.0 Å². The van der Waals surface area contributed by atoms with Gasteiger partial charge >= 0.3 is 6.09 Å². The first-order valence-corrected chi connectivity index (χ1v) is 6.09. The Hall–Kier alpha value is -1.06. The Bertz CT molecular complexity index is 308. The van der Waals surface area contributed by atoms with Crippen LogP contribution in [-0.2, 0) is 9.53 Å². The van der Waals surface area contributed by atoms with Gasteiger partial charge in [-0.1, -0.05) is 13.8 Å². The SMILES string of the molecule is CC1CN(C(=O)OC(C)(C)C)CC(C)(C=O)C1. The highest BCUT2D eigenvalue weighted by atomic mass is 16.6. The topological polar surface area (TPSA) is 46.6 Å². The molecule has 1 amide bonds. The molecule has 2 atom stereocenters. The molecule has 0 N–H and O–H groups in total. The summed E-state index contributed by atoms with van der Waals surface area (Å²) in [6.07, 6.45) is 1.47. The summed E-state index contributed by atoms with van der Waals surface area (Å²) < 4.78 is 5.33. The summed E-state index contributed by atoms with van der Waals surface area (Å²) in [7, 11) is 0. The molecule has 0 aliphatic carbocycles. The first-order valence-electron chi connectivity index (χ1n) is 6.09. The van der Waals surface area contributed by atoms with E-state index >= 15 is 0 Å². The molecule has 0 aromatic heterocycles. The number of amides is 1. The van der Waals surface area contributed by atoms with Gasteiger partial charge in [-0.3, -0.25) is 0 Å². The Balaban J connectivity index is 2.71. The zero-order valence-corrected chi connectivity index (χ0v) is 11.4. The molecule has 1 aliphatic rings. The van der Waals surface area contributed by atoms with Crippen molar-refractivity contribution in [2.24, 2.45) is 11.3 Å². The molecule has 2 unspecified atom stereocenters. The van der Waals surface area contributed by atoms with E-state index in [2.05, 4.69) is 6.92 Å². The maximum Gasteiger partial charge on any atom is 0.410 e. The standard InChI is InChI=1S/C13H23NO3/c1-10-6-13(5,9-15)8-14(7-10)11(16)17-12(2,3)4/h9-10H,6-8H2,1-5H3. The second kappa shape index (κ2) is 4.67. The Morgan fingerprint density at radius 3 is 2.53 bits per heavy atom. The molecular weight excluding hydrogens is 218 g/mol. The van der Waals surface area contributed by atoms with Crippen LogP contribution in [0.15, 0.2) is 0 Å². The molecule has 0 bridgehead atoms. The summed E-state index contributed by atoms with van der Waals surface area (Å²) in [6.45, 7) is 10.6. The van der Waals surface area contributed by atoms with Gasteiger partial charge in [0.15, 0.2) is 0 Å². The van der Waals surface area contributed by atoms with E-state index in [0.29, 0.717) is 19.0 Å². The third-order valence-corrected chi connectivity index (χ3v) is 2.84. The lowest BCUT2D eigenvalue weighted by molar-refractivity contribution is -0.119. The van der Waals surface area contributed by atoms with Gasteiger partial charge in [0.1, 0.15) is 11.9 Å². The largest absolute Gasteiger partial charge is 0.444 e. The first-order chi connectivity index (χ1) is 7.65. The number of nitrogens with zero attached hydrogens (tertiary/aromatic N) is 1. The molecule has 4 heteroatoms. The lowest BCUT2D eigenvalue weighted by atomic mass is 9.79. The van der Waals surface area contributed by atoms with Crippen molar-refractivity contribution >= 4 is 12.4 Å². The van der Waals surface area contributed by atoms with Crippen LogP contribution < -0.4 is 0 Å². The zero-order chi connectivity index (χ0) is 13.3. The van der Waals surface area contributed by atoms with E-state index in [9.17, 15) is 9.59 Å². The Morgan fingerprint density at radius 2 is 2.06 bits per heavy atom. The molecule has 0 aromatic carbocycles. The molecule has 0 saturated carbocycles. The van der Waals surface area contributed by atoms with Crippen molar-refractivity contribution in [3.63, 3.8) is 0 Å². The van der Waals surface area contributed by atoms with Gasteiger partial charge in [-0.15, -0.1) is 0 Å². The highest BCUT2D eigenvalue weighted by molar-refractivity contribution is 5.70. The van der Waals surface area contributed by atoms with Crippen molar-refractivity contribution < 1.29 is 14.3 Å². The Kier molecular flexibility index (Phi) is 3.84. The molecule has 4 nitrogen and oxygen atoms in total. The predicted molar refractivity (Wildman–Crippen MR) is 65.8 cm³/mol. The molecule has 0 radical (unpaired) electrons. The van der Waals surface area contributed by atoms with Gasteiger partial charge in [0.2, 0.25) is 0 Å². The van der Waals surface area contributed by atoms with Crippen LogP contribution in [0.2, 0.25) is 0 Å². The maximum absolute atomic E-state index is 12.0. The average molecular weight is 241 g/mol. The van der Waals surface area contributed by atoms with Crippen molar-refractivity contribution in [1.82, 2.24) is 4.90 Å². The molecule has 98 valence electrons. The third kappa shape index (κ3) is 4.02. The van der Waals surface area contributed by atoms with Crippen LogP contribution in [0.4, 0.5) is 4.79 Å². The number of likely N-dealkylation sites (tertiary alicyclic amines) is 1. The summed E-state index contributed by atoms with van der Waals surface area (Å²) in [4.78, 5) is 24.7. The Labute approximate surface area is 103 Å². The van der Waals surface area contributed by atoms with E-state index < -0.39 is 11.0 Å². The molecule has 0 spiro atoms. The smallest absolute Gasteiger partial charge is 0.410 e. The van der Waals surface area contributed by atoms with E-state index in [1.54, 1.807) is 4.90 Å². The van der Waals surface area contributed by atoms with Gasteiger partial charge in [-0.05, 0) is 33.1 Å². The number of carbonyl (C=O) groups is 2. The minimum atomic E-state index is -0.491. The minimum absolute atomic E-state index is 0.322. The molecule has 1 fully saturated rings. The summed E-state index contributed by atoms with van der Waals surface area (Å²) in [5, 5.41) is 0. The highest BCUT2D eigenvalue weighted by Gasteiger charge is 2.37. The van der Waals surface area contributed by atoms with E-state index in [-0.39, 0.29) is 6.09 Å². The van der Waals surface area contributed by atoms with Gasteiger partial charge in [-0.2, -0.15) is 0 Å². The minimum Gasteiger partial charge on any atom is -0.444 e. The molecule has 17 heavy (non-hydrogen) atoms. The fourth-order valence-electron chi connectivity index (χ4n) is 2.35. The fraction of sp³-hybridized carbons (Fsp3) is 0.846. The zero-order valence-electron chi connectivity index (χ0n) is 11.4. The number of aldehydes is 1. The van der Waals surface area contributed by atoms with E-state index in [4.69, 9.17) is 4.74 Å². The number of hydrogen-bond acceptors (Lipinski definition) is 3. The fourth-order valence-corrected chi connectivity index (χ4v) is 2.35. The van der Waals surface area contributed by atoms with Crippen LogP contribution in [-0.4, -0.2) is 36.0 Å². The van der Waals surface area contributed by atoms with E-state index in [0.717, 1.165) is 12.7 Å². The average Bonchev–Trinajstić information content (AvgIpc) is 2.14. The molecule has 0 aromatic rings. The number of ether oxygens (including phenoxy) is 1. The highest BCUT2D eigenvalue weighted by Crippen LogP contribution is 2.31. The number of piperidine rings is 1. The predicted octanol–water partition coefficient (Wildman–Crippen LogP) is 2.47. The summed E-state index contributed by atoms with van der Waals surface area (Å²) in [6, 6.07) is 0. The molecular formula is C13H23NO3. The van der Waals surface area contributed by atoms with Crippen LogP contribution in [0, 0.1) is 11.3 Å². The summed E-state index contributed by atoms with van der Waals surface area (Å²) in [5.41, 5.74) is -0.927. The first kappa shape index (κ1) is 14.0. The van der Waals surface area contributed by atoms with E-state index in [1.807, 2.05) is 27.7 Å². The molecule has 1 aliphatic heterocycles. The lowest BCUT2D eigenvalue weighted by Gasteiger charge is -2.40. The lowest BCUT2D eigenvalue weighted by Crippen LogP contribution is -2.50. The monoisotopic (exact) mass is 241 g/mol. The van der Waals surface area contributed by atoms with Crippen molar-refractivity contribution in [3.8, 4) is 0 Å². The van der Waals surface area contributed by atoms with Crippen LogP contribution >= 0.6 is 0 Å². The molecule has 1 heterocycles. The maximum atomic E-state index is 12.0. The van der Waals surface area contributed by atoms with Gasteiger partial charge in [0, 0.05) is 18.5 Å². The van der Waals surface area contributed by atoms with Crippen molar-refractivity contribution in [2.45, 2.75) is 46.6 Å². The second-order valence-electron chi connectivity index (χ2n) is 6.44. The summed E-state index contributed by atoms with van der Waals surface area (Å²) >= 11 is 0. The van der Waals surface area contributed by atoms with Crippen molar-refractivity contribution in [2.75, 3.05) is 13.1 Å². The summed E-state index contributed by atoms with van der Waals surface area (Å²) in [5.74, 6) is 0.325.